The van der Waals surface area contributed by atoms with Gasteiger partial charge in [-0.1, -0.05) is 11.6 Å². The molecule has 0 aromatic carbocycles. The van der Waals surface area contributed by atoms with Gasteiger partial charge in [-0.25, -0.2) is 4.68 Å². The van der Waals surface area contributed by atoms with E-state index in [1.54, 1.807) is 11.3 Å². The third-order valence-corrected chi connectivity index (χ3v) is 5.15. The van der Waals surface area contributed by atoms with E-state index < -0.39 is 0 Å². The minimum absolute atomic E-state index is 0.0601. The molecular weight excluding hydrogens is 310 g/mol. The molecule has 0 N–H and O–H groups in total. The summed E-state index contributed by atoms with van der Waals surface area (Å²) in [4.78, 5) is 15.7. The fraction of sp³-hybridized carbons (Fsp3) is 0.538. The Morgan fingerprint density at radius 3 is 3.05 bits per heavy atom. The fourth-order valence-corrected chi connectivity index (χ4v) is 4.20. The van der Waals surface area contributed by atoms with Crippen LogP contribution in [0.15, 0.2) is 18.5 Å². The van der Waals surface area contributed by atoms with Crippen molar-refractivity contribution in [3.63, 3.8) is 0 Å². The van der Waals surface area contributed by atoms with Crippen LogP contribution in [0.2, 0.25) is 4.34 Å². The van der Waals surface area contributed by atoms with Crippen LogP contribution in [-0.4, -0.2) is 43.1 Å². The minimum atomic E-state index is -0.153. The number of aromatic nitrogens is 4. The van der Waals surface area contributed by atoms with Crippen molar-refractivity contribution in [3.05, 3.63) is 27.7 Å². The number of carbonyl (C=O) groups excluding carboxylic acids is 1. The number of likely N-dealkylation sites (tertiary alicyclic amines) is 1. The van der Waals surface area contributed by atoms with Crippen molar-refractivity contribution in [1.29, 1.82) is 0 Å². The average Bonchev–Trinajstić information content (AvgIpc) is 3.13. The average molecular weight is 326 g/mol. The lowest BCUT2D eigenvalue weighted by Gasteiger charge is -2.35. The van der Waals surface area contributed by atoms with Gasteiger partial charge in [-0.15, -0.1) is 16.4 Å². The van der Waals surface area contributed by atoms with E-state index >= 15 is 0 Å². The van der Waals surface area contributed by atoms with Gasteiger partial charge >= 0.3 is 0 Å². The summed E-state index contributed by atoms with van der Waals surface area (Å²) in [7, 11) is 0. The molecule has 3 rings (SSSR count). The Balaban J connectivity index is 1.73. The molecule has 1 atom stereocenters. The second kappa shape index (κ2) is 5.73. The molecule has 8 heteroatoms. The van der Waals surface area contributed by atoms with Crippen molar-refractivity contribution in [2.75, 3.05) is 6.54 Å². The third kappa shape index (κ3) is 3.08. The summed E-state index contributed by atoms with van der Waals surface area (Å²) >= 11 is 7.58. The van der Waals surface area contributed by atoms with Gasteiger partial charge in [0.15, 0.2) is 0 Å². The van der Waals surface area contributed by atoms with Crippen molar-refractivity contribution >= 4 is 28.8 Å². The Morgan fingerprint density at radius 1 is 1.52 bits per heavy atom. The van der Waals surface area contributed by atoms with E-state index in [0.29, 0.717) is 0 Å². The number of rotatable bonds is 4. The van der Waals surface area contributed by atoms with Crippen LogP contribution < -0.4 is 0 Å². The molecule has 0 saturated carbocycles. The molecule has 1 saturated heterocycles. The summed E-state index contributed by atoms with van der Waals surface area (Å²) < 4.78 is 2.25. The van der Waals surface area contributed by atoms with Gasteiger partial charge in [0, 0.05) is 23.4 Å². The van der Waals surface area contributed by atoms with Crippen molar-refractivity contribution in [2.45, 2.75) is 38.3 Å². The summed E-state index contributed by atoms with van der Waals surface area (Å²) in [5.74, 6) is 0.0601. The molecule has 6 nitrogen and oxygen atoms in total. The first-order chi connectivity index (χ1) is 10.1. The van der Waals surface area contributed by atoms with Gasteiger partial charge in [0.25, 0.3) is 0 Å². The highest BCUT2D eigenvalue weighted by atomic mass is 35.5. The summed E-state index contributed by atoms with van der Waals surface area (Å²) in [6, 6.07) is 3.95. The lowest BCUT2D eigenvalue weighted by Crippen LogP contribution is -2.47. The smallest absolute Gasteiger partial charge is 0.244 e. The highest BCUT2D eigenvalue weighted by Crippen LogP contribution is 2.35. The highest BCUT2D eigenvalue weighted by molar-refractivity contribution is 7.16. The van der Waals surface area contributed by atoms with Crippen LogP contribution in [0, 0.1) is 0 Å². The fourth-order valence-electron chi connectivity index (χ4n) is 2.93. The minimum Gasteiger partial charge on any atom is -0.335 e. The number of halogens is 1. The predicted molar refractivity (Wildman–Crippen MR) is 80.2 cm³/mol. The lowest BCUT2D eigenvalue weighted by atomic mass is 9.93. The summed E-state index contributed by atoms with van der Waals surface area (Å²) in [6.07, 6.45) is 4.33. The maximum Gasteiger partial charge on any atom is 0.244 e. The predicted octanol–water partition coefficient (Wildman–Crippen LogP) is 2.01. The van der Waals surface area contributed by atoms with E-state index in [9.17, 15) is 4.79 Å². The topological polar surface area (TPSA) is 63.9 Å². The molecule has 2 aromatic rings. The Labute approximate surface area is 131 Å². The van der Waals surface area contributed by atoms with Crippen LogP contribution in [0.4, 0.5) is 0 Å². The molecule has 0 aliphatic carbocycles. The van der Waals surface area contributed by atoms with Gasteiger partial charge in [0.05, 0.1) is 4.34 Å². The van der Waals surface area contributed by atoms with Gasteiger partial charge in [0.1, 0.15) is 12.9 Å². The summed E-state index contributed by atoms with van der Waals surface area (Å²) in [6.45, 7) is 3.12. The molecular formula is C13H16ClN5OS. The zero-order chi connectivity index (χ0) is 14.9. The quantitative estimate of drug-likeness (QED) is 0.862. The molecule has 1 aliphatic heterocycles. The van der Waals surface area contributed by atoms with E-state index in [4.69, 9.17) is 11.6 Å². The molecule has 0 spiro atoms. The van der Waals surface area contributed by atoms with Gasteiger partial charge < -0.3 is 4.90 Å². The van der Waals surface area contributed by atoms with Crippen LogP contribution in [-0.2, 0) is 17.8 Å². The van der Waals surface area contributed by atoms with Gasteiger partial charge in [-0.2, -0.15) is 0 Å². The van der Waals surface area contributed by atoms with Crippen molar-refractivity contribution in [2.24, 2.45) is 0 Å². The van der Waals surface area contributed by atoms with Crippen LogP contribution >= 0.6 is 22.9 Å². The molecule has 0 bridgehead atoms. The molecule has 1 amide bonds. The Hall–Kier alpha value is -1.47. The standard InChI is InChI=1S/C13H16ClN5OS/c1-13(7-10-3-4-11(14)21-10)5-2-6-19(13)12(20)8-18-9-15-16-17-18/h3-4,9H,2,5-8H2,1H3. The van der Waals surface area contributed by atoms with Crippen LogP contribution in [0.1, 0.15) is 24.6 Å². The Bertz CT molecular complexity index is 628. The monoisotopic (exact) mass is 325 g/mol. The van der Waals surface area contributed by atoms with Crippen LogP contribution in [0.5, 0.6) is 0 Å². The second-order valence-electron chi connectivity index (χ2n) is 5.54. The van der Waals surface area contributed by atoms with Crippen LogP contribution in [0.3, 0.4) is 0 Å². The lowest BCUT2D eigenvalue weighted by molar-refractivity contribution is -0.135. The number of nitrogens with zero attached hydrogens (tertiary/aromatic N) is 5. The zero-order valence-corrected chi connectivity index (χ0v) is 13.3. The molecule has 1 aliphatic rings. The number of amides is 1. The largest absolute Gasteiger partial charge is 0.335 e. The van der Waals surface area contributed by atoms with E-state index in [1.165, 1.54) is 15.9 Å². The first-order valence-electron chi connectivity index (χ1n) is 6.82. The van der Waals surface area contributed by atoms with E-state index in [0.717, 1.165) is 30.1 Å². The third-order valence-electron chi connectivity index (χ3n) is 3.92. The molecule has 0 radical (unpaired) electrons. The van der Waals surface area contributed by atoms with Crippen molar-refractivity contribution in [3.8, 4) is 0 Å². The highest BCUT2D eigenvalue weighted by Gasteiger charge is 2.39. The number of thiophene rings is 1. The molecule has 21 heavy (non-hydrogen) atoms. The molecule has 3 heterocycles. The number of tetrazole rings is 1. The van der Waals surface area contributed by atoms with Gasteiger partial charge in [-0.05, 0) is 42.3 Å². The Kier molecular flexibility index (Phi) is 3.95. The summed E-state index contributed by atoms with van der Waals surface area (Å²) in [5.41, 5.74) is -0.153. The first kappa shape index (κ1) is 14.5. The zero-order valence-electron chi connectivity index (χ0n) is 11.7. The van der Waals surface area contributed by atoms with Gasteiger partial charge in [0.2, 0.25) is 5.91 Å². The number of hydrogen-bond donors (Lipinski definition) is 0. The molecule has 1 unspecified atom stereocenters. The van der Waals surface area contributed by atoms with E-state index in [-0.39, 0.29) is 18.0 Å². The SMILES string of the molecule is CC1(Cc2ccc(Cl)s2)CCCN1C(=O)Cn1cnnn1. The number of carbonyl (C=O) groups is 1. The maximum absolute atomic E-state index is 12.5. The number of hydrogen-bond acceptors (Lipinski definition) is 5. The van der Waals surface area contributed by atoms with Crippen molar-refractivity contribution in [1.82, 2.24) is 25.1 Å². The van der Waals surface area contributed by atoms with Gasteiger partial charge in [-0.3, -0.25) is 4.79 Å². The van der Waals surface area contributed by atoms with E-state index in [1.807, 2.05) is 17.0 Å². The first-order valence-corrected chi connectivity index (χ1v) is 8.02. The second-order valence-corrected chi connectivity index (χ2v) is 7.34. The van der Waals surface area contributed by atoms with Crippen molar-refractivity contribution < 1.29 is 4.79 Å². The molecule has 1 fully saturated rings. The van der Waals surface area contributed by atoms with Crippen LogP contribution in [0.25, 0.3) is 0 Å². The molecule has 2 aromatic heterocycles. The normalized spacial score (nSPS) is 21.9. The van der Waals surface area contributed by atoms with E-state index in [2.05, 4.69) is 22.4 Å². The molecule has 112 valence electrons. The summed E-state index contributed by atoms with van der Waals surface area (Å²) in [5, 5.41) is 10.9. The maximum atomic E-state index is 12.5. The Morgan fingerprint density at radius 2 is 2.38 bits per heavy atom.